The van der Waals surface area contributed by atoms with E-state index < -0.39 is 11.8 Å². The smallest absolute Gasteiger partial charge is 0.268 e. The van der Waals surface area contributed by atoms with Crippen LogP contribution in [0, 0.1) is 0 Å². The number of nitrogens with one attached hydrogen (secondary N) is 2. The second-order valence-electron chi connectivity index (χ2n) is 4.42. The van der Waals surface area contributed by atoms with Crippen LogP contribution in [-0.2, 0) is 4.79 Å². The molecule has 0 aliphatic rings. The van der Waals surface area contributed by atoms with E-state index in [9.17, 15) is 9.59 Å². The van der Waals surface area contributed by atoms with Gasteiger partial charge in [0.05, 0.1) is 10.6 Å². The predicted molar refractivity (Wildman–Crippen MR) is 92.6 cm³/mol. The number of carbonyl (C=O) groups excluding carboxylic acids is 2. The van der Waals surface area contributed by atoms with E-state index in [0.29, 0.717) is 15.6 Å². The van der Waals surface area contributed by atoms with Gasteiger partial charge in [-0.3, -0.25) is 20.4 Å². The average Bonchev–Trinajstić information content (AvgIpc) is 2.52. The van der Waals surface area contributed by atoms with Gasteiger partial charge in [-0.15, -0.1) is 0 Å². The zero-order valence-electron chi connectivity index (χ0n) is 11.6. The Morgan fingerprint density at radius 1 is 0.913 bits per heavy atom. The van der Waals surface area contributed by atoms with Gasteiger partial charge in [-0.05, 0) is 35.9 Å². The average molecular weight is 370 g/mol. The van der Waals surface area contributed by atoms with Crippen molar-refractivity contribution in [3.8, 4) is 0 Å². The Labute approximate surface area is 148 Å². The third-order valence-electron chi connectivity index (χ3n) is 2.79. The molecule has 0 saturated heterocycles. The lowest BCUT2D eigenvalue weighted by atomic mass is 10.2. The van der Waals surface area contributed by atoms with Crippen molar-refractivity contribution in [1.29, 1.82) is 0 Å². The topological polar surface area (TPSA) is 58.2 Å². The summed E-state index contributed by atoms with van der Waals surface area (Å²) in [6.45, 7) is 0. The summed E-state index contributed by atoms with van der Waals surface area (Å²) in [5.74, 6) is -1.06. The predicted octanol–water partition coefficient (Wildman–Crippen LogP) is 4.12. The molecule has 0 aliphatic heterocycles. The van der Waals surface area contributed by atoms with Gasteiger partial charge in [0.25, 0.3) is 11.8 Å². The summed E-state index contributed by atoms with van der Waals surface area (Å²) in [7, 11) is 0. The van der Waals surface area contributed by atoms with Crippen molar-refractivity contribution < 1.29 is 9.59 Å². The molecular formula is C16H11Cl3N2O2. The molecule has 2 aromatic rings. The van der Waals surface area contributed by atoms with Gasteiger partial charge >= 0.3 is 0 Å². The first-order valence-corrected chi connectivity index (χ1v) is 7.59. The van der Waals surface area contributed by atoms with E-state index in [2.05, 4.69) is 10.9 Å². The highest BCUT2D eigenvalue weighted by molar-refractivity contribution is 6.36. The molecule has 0 aromatic heterocycles. The Morgan fingerprint density at radius 3 is 2.35 bits per heavy atom. The van der Waals surface area contributed by atoms with E-state index in [1.165, 1.54) is 24.3 Å². The summed E-state index contributed by atoms with van der Waals surface area (Å²) in [6, 6.07) is 11.5. The number of rotatable bonds is 3. The fourth-order valence-corrected chi connectivity index (χ4v) is 2.37. The Morgan fingerprint density at radius 2 is 1.65 bits per heavy atom. The number of hydrogen-bond donors (Lipinski definition) is 2. The molecule has 0 saturated carbocycles. The minimum atomic E-state index is -0.550. The molecule has 2 N–H and O–H groups in total. The van der Waals surface area contributed by atoms with Crippen LogP contribution in [-0.4, -0.2) is 11.8 Å². The summed E-state index contributed by atoms with van der Waals surface area (Å²) in [6.07, 6.45) is 2.80. The van der Waals surface area contributed by atoms with Crippen LogP contribution >= 0.6 is 34.8 Å². The Balaban J connectivity index is 1.94. The Kier molecular flexibility index (Phi) is 6.04. The van der Waals surface area contributed by atoms with Gasteiger partial charge in [-0.1, -0.05) is 53.0 Å². The maximum absolute atomic E-state index is 11.9. The first-order valence-electron chi connectivity index (χ1n) is 6.45. The molecule has 23 heavy (non-hydrogen) atoms. The van der Waals surface area contributed by atoms with Crippen molar-refractivity contribution >= 4 is 52.7 Å². The molecule has 118 valence electrons. The third-order valence-corrected chi connectivity index (χ3v) is 3.69. The molecule has 2 rings (SSSR count). The minimum absolute atomic E-state index is 0.191. The van der Waals surface area contributed by atoms with Gasteiger partial charge in [0.2, 0.25) is 0 Å². The second-order valence-corrected chi connectivity index (χ2v) is 5.67. The van der Waals surface area contributed by atoms with Crippen LogP contribution in [0.4, 0.5) is 0 Å². The van der Waals surface area contributed by atoms with Crippen molar-refractivity contribution in [3.63, 3.8) is 0 Å². The van der Waals surface area contributed by atoms with Gasteiger partial charge in [0, 0.05) is 16.1 Å². The van der Waals surface area contributed by atoms with Crippen LogP contribution in [0.15, 0.2) is 48.5 Å². The highest BCUT2D eigenvalue weighted by Gasteiger charge is 2.10. The number of hydrogen-bond acceptors (Lipinski definition) is 2. The molecule has 2 aromatic carbocycles. The van der Waals surface area contributed by atoms with Crippen LogP contribution in [0.1, 0.15) is 15.9 Å². The maximum atomic E-state index is 11.9. The van der Waals surface area contributed by atoms with Crippen molar-refractivity contribution in [1.82, 2.24) is 10.9 Å². The van der Waals surface area contributed by atoms with E-state index in [1.807, 2.05) is 0 Å². The zero-order chi connectivity index (χ0) is 16.8. The molecule has 0 heterocycles. The lowest BCUT2D eigenvalue weighted by Crippen LogP contribution is -2.40. The Hall–Kier alpha value is -2.01. The van der Waals surface area contributed by atoms with Gasteiger partial charge in [0.15, 0.2) is 0 Å². The summed E-state index contributed by atoms with van der Waals surface area (Å²) in [4.78, 5) is 23.6. The number of halogens is 3. The highest BCUT2D eigenvalue weighted by Crippen LogP contribution is 2.20. The normalized spacial score (nSPS) is 10.6. The van der Waals surface area contributed by atoms with E-state index in [-0.39, 0.29) is 10.6 Å². The van der Waals surface area contributed by atoms with Gasteiger partial charge in [-0.25, -0.2) is 0 Å². The fraction of sp³-hybridized carbons (Fsp3) is 0. The molecule has 0 aliphatic carbocycles. The largest absolute Gasteiger partial charge is 0.271 e. The molecule has 0 fully saturated rings. The molecule has 2 amide bonds. The van der Waals surface area contributed by atoms with Crippen LogP contribution in [0.2, 0.25) is 15.1 Å². The first kappa shape index (κ1) is 17.3. The van der Waals surface area contributed by atoms with E-state index >= 15 is 0 Å². The Bertz CT molecular complexity index is 776. The van der Waals surface area contributed by atoms with E-state index in [4.69, 9.17) is 34.8 Å². The van der Waals surface area contributed by atoms with Gasteiger partial charge in [-0.2, -0.15) is 0 Å². The van der Waals surface area contributed by atoms with Crippen LogP contribution < -0.4 is 10.9 Å². The third kappa shape index (κ3) is 4.99. The fourth-order valence-electron chi connectivity index (χ4n) is 1.68. The van der Waals surface area contributed by atoms with Crippen LogP contribution in [0.3, 0.4) is 0 Å². The van der Waals surface area contributed by atoms with Crippen molar-refractivity contribution in [2.75, 3.05) is 0 Å². The molecule has 0 radical (unpaired) electrons. The summed E-state index contributed by atoms with van der Waals surface area (Å²) < 4.78 is 0. The molecule has 7 heteroatoms. The highest BCUT2D eigenvalue weighted by atomic mass is 35.5. The first-order chi connectivity index (χ1) is 11.0. The second kappa shape index (κ2) is 8.02. The molecule has 4 nitrogen and oxygen atoms in total. The SMILES string of the molecule is O=C(/C=C/c1ccccc1Cl)NNC(=O)c1ccc(Cl)cc1Cl. The summed E-state index contributed by atoms with van der Waals surface area (Å²) in [5, 5.41) is 1.13. The van der Waals surface area contributed by atoms with Gasteiger partial charge < -0.3 is 0 Å². The molecule has 0 unspecified atom stereocenters. The zero-order valence-corrected chi connectivity index (χ0v) is 13.9. The summed E-state index contributed by atoms with van der Waals surface area (Å²) >= 11 is 17.6. The van der Waals surface area contributed by atoms with E-state index in [1.54, 1.807) is 30.3 Å². The van der Waals surface area contributed by atoms with Crippen molar-refractivity contribution in [3.05, 3.63) is 74.7 Å². The maximum Gasteiger partial charge on any atom is 0.271 e. The number of carbonyl (C=O) groups is 2. The molecule has 0 atom stereocenters. The number of amides is 2. The quantitative estimate of drug-likeness (QED) is 0.631. The lowest BCUT2D eigenvalue weighted by molar-refractivity contribution is -0.117. The molecular weight excluding hydrogens is 359 g/mol. The standard InChI is InChI=1S/C16H11Cl3N2O2/c17-11-6-7-12(14(19)9-11)16(23)21-20-15(22)8-5-10-3-1-2-4-13(10)18/h1-9H,(H,20,22)(H,21,23)/b8-5+. The van der Waals surface area contributed by atoms with Crippen molar-refractivity contribution in [2.45, 2.75) is 0 Å². The number of benzene rings is 2. The number of hydrazine groups is 1. The summed E-state index contributed by atoms with van der Waals surface area (Å²) in [5.41, 5.74) is 5.40. The van der Waals surface area contributed by atoms with E-state index in [0.717, 1.165) is 0 Å². The van der Waals surface area contributed by atoms with Crippen LogP contribution in [0.25, 0.3) is 6.08 Å². The van der Waals surface area contributed by atoms with Crippen LogP contribution in [0.5, 0.6) is 0 Å². The van der Waals surface area contributed by atoms with Crippen molar-refractivity contribution in [2.24, 2.45) is 0 Å². The molecule has 0 spiro atoms. The minimum Gasteiger partial charge on any atom is -0.268 e. The monoisotopic (exact) mass is 368 g/mol. The van der Waals surface area contributed by atoms with Gasteiger partial charge in [0.1, 0.15) is 0 Å². The molecule has 0 bridgehead atoms. The lowest BCUT2D eigenvalue weighted by Gasteiger charge is -2.07.